The van der Waals surface area contributed by atoms with Crippen molar-refractivity contribution in [2.45, 2.75) is 105 Å². The lowest BCUT2D eigenvalue weighted by atomic mass is 10.2. The summed E-state index contributed by atoms with van der Waals surface area (Å²) in [5.41, 5.74) is 1.42. The average molecular weight is 939 g/mol. The second-order valence-corrected chi connectivity index (χ2v) is 19.2. The second-order valence-electron chi connectivity index (χ2n) is 16.7. The second kappa shape index (κ2) is 29.5. The third-order valence-electron chi connectivity index (χ3n) is 9.37. The van der Waals surface area contributed by atoms with Crippen LogP contribution in [0.5, 0.6) is 0 Å². The van der Waals surface area contributed by atoms with Crippen molar-refractivity contribution in [3.8, 4) is 0 Å². The van der Waals surface area contributed by atoms with Gasteiger partial charge >= 0.3 is 0 Å². The van der Waals surface area contributed by atoms with Gasteiger partial charge in [-0.1, -0.05) is 65.8 Å². The Balaban J connectivity index is 0.000000340. The van der Waals surface area contributed by atoms with Gasteiger partial charge in [0.2, 0.25) is 35.4 Å². The molecule has 360 valence electrons. The molecule has 2 atom stereocenters. The molecule has 6 amide bonds. The summed E-state index contributed by atoms with van der Waals surface area (Å²) < 4.78 is 25.4. The van der Waals surface area contributed by atoms with Crippen molar-refractivity contribution < 1.29 is 47.7 Å². The van der Waals surface area contributed by atoms with E-state index in [1.165, 1.54) is 9.80 Å². The van der Waals surface area contributed by atoms with E-state index in [0.29, 0.717) is 89.0 Å². The molecule has 2 aliphatic heterocycles. The van der Waals surface area contributed by atoms with Gasteiger partial charge in [-0.15, -0.1) is 33.7 Å². The van der Waals surface area contributed by atoms with Crippen LogP contribution in [0.4, 0.5) is 0 Å². The molecule has 4 rings (SSSR count). The first-order valence-electron chi connectivity index (χ1n) is 22.1. The molecule has 20 nitrogen and oxygen atoms in total. The average Bonchev–Trinajstić information content (AvgIpc) is 4.03. The highest BCUT2D eigenvalue weighted by molar-refractivity contribution is 8.00. The van der Waals surface area contributed by atoms with E-state index in [0.717, 1.165) is 11.5 Å². The lowest BCUT2D eigenvalue weighted by Crippen LogP contribution is -2.35. The molecule has 2 N–H and O–H groups in total. The van der Waals surface area contributed by atoms with Crippen LogP contribution in [0.2, 0.25) is 0 Å². The first-order chi connectivity index (χ1) is 30.5. The van der Waals surface area contributed by atoms with Crippen molar-refractivity contribution >= 4 is 59.0 Å². The molecular weight excluding hydrogens is 869 g/mol. The van der Waals surface area contributed by atoms with Gasteiger partial charge in [0.25, 0.3) is 0 Å². The maximum atomic E-state index is 12.4. The zero-order chi connectivity index (χ0) is 47.0. The van der Waals surface area contributed by atoms with Crippen molar-refractivity contribution in [3.63, 3.8) is 0 Å². The Morgan fingerprint density at radius 3 is 1.25 bits per heavy atom. The molecule has 0 aromatic carbocycles. The van der Waals surface area contributed by atoms with Crippen molar-refractivity contribution in [3.05, 3.63) is 23.8 Å². The topological polar surface area (TPSA) is 231 Å². The summed E-state index contributed by atoms with van der Waals surface area (Å²) >= 11 is 3.10. The van der Waals surface area contributed by atoms with Crippen molar-refractivity contribution in [2.24, 2.45) is 23.7 Å². The summed E-state index contributed by atoms with van der Waals surface area (Å²) in [6.45, 7) is 21.2. The molecule has 22 heteroatoms. The van der Waals surface area contributed by atoms with Crippen LogP contribution >= 0.6 is 23.5 Å². The van der Waals surface area contributed by atoms with E-state index in [2.05, 4.69) is 59.0 Å². The minimum Gasteiger partial charge on any atom is -0.377 e. The fourth-order valence-corrected chi connectivity index (χ4v) is 8.04. The summed E-state index contributed by atoms with van der Waals surface area (Å²) in [4.78, 5) is 74.6. The first-order valence-corrected chi connectivity index (χ1v) is 24.2. The summed E-state index contributed by atoms with van der Waals surface area (Å²) in [7, 11) is 0. The van der Waals surface area contributed by atoms with E-state index >= 15 is 0 Å². The van der Waals surface area contributed by atoms with E-state index in [1.54, 1.807) is 45.3 Å². The predicted molar refractivity (Wildman–Crippen MR) is 242 cm³/mol. The predicted octanol–water partition coefficient (Wildman–Crippen LogP) is 2.20. The minimum atomic E-state index is -0.271. The number of ether oxygens (including phenoxy) is 4. The van der Waals surface area contributed by atoms with Crippen LogP contribution in [0.15, 0.2) is 12.4 Å². The number of likely N-dealkylation sites (tertiary alicyclic amines) is 2. The molecule has 0 aliphatic carbocycles. The Labute approximate surface area is 385 Å². The quantitative estimate of drug-likeness (QED) is 0.0845. The summed E-state index contributed by atoms with van der Waals surface area (Å²) in [5, 5.41) is 21.2. The Kier molecular flexibility index (Phi) is 25.1. The standard InChI is InChI=1S/C22H36N2O6S2.C20H34N8O4/c1-15(2)13-31-17-11-19(25)23(21(17)27)5-7-29-9-10-30-8-6-24-20(26)12-18(22(24)28)32-14-16(3)4;1-15(2)19(29)21-11-17-13-27(25-23-17)5-7-31-9-10-32-8-6-28-14-18(24-26-28)12-22-20(30)16(3)4/h15-18H,5-14H2,1-4H3;13-16H,5-12H2,1-4H3,(H,21,29)(H,22,30). The lowest BCUT2D eigenvalue weighted by Gasteiger charge is -2.16. The molecule has 2 unspecified atom stereocenters. The number of thioether (sulfide) groups is 2. The summed E-state index contributed by atoms with van der Waals surface area (Å²) in [6, 6.07) is 0. The number of aromatic nitrogens is 6. The highest BCUT2D eigenvalue weighted by Crippen LogP contribution is 2.27. The molecule has 0 spiro atoms. The van der Waals surface area contributed by atoms with E-state index in [4.69, 9.17) is 18.9 Å². The molecule has 0 bridgehead atoms. The number of amides is 6. The largest absolute Gasteiger partial charge is 0.377 e. The van der Waals surface area contributed by atoms with Crippen LogP contribution in [-0.2, 0) is 73.9 Å². The lowest BCUT2D eigenvalue weighted by molar-refractivity contribution is -0.141. The minimum absolute atomic E-state index is 0.0118. The first kappa shape index (κ1) is 54.4. The van der Waals surface area contributed by atoms with Crippen LogP contribution < -0.4 is 10.6 Å². The third-order valence-corrected chi connectivity index (χ3v) is 12.6. The maximum absolute atomic E-state index is 12.4. The molecule has 2 aliphatic rings. The van der Waals surface area contributed by atoms with Gasteiger partial charge in [0.1, 0.15) is 11.4 Å². The van der Waals surface area contributed by atoms with Crippen molar-refractivity contribution in [1.29, 1.82) is 0 Å². The van der Waals surface area contributed by atoms with Gasteiger partial charge < -0.3 is 29.6 Å². The third kappa shape index (κ3) is 20.5. The van der Waals surface area contributed by atoms with Crippen molar-refractivity contribution in [2.75, 3.05) is 77.5 Å². The Morgan fingerprint density at radius 1 is 0.578 bits per heavy atom. The van der Waals surface area contributed by atoms with E-state index < -0.39 is 0 Å². The molecule has 64 heavy (non-hydrogen) atoms. The number of carbonyl (C=O) groups excluding carboxylic acids is 6. The molecular formula is C42H70N10O10S2. The van der Waals surface area contributed by atoms with Crippen LogP contribution in [0.1, 0.15) is 79.6 Å². The monoisotopic (exact) mass is 938 g/mol. The highest BCUT2D eigenvalue weighted by Gasteiger charge is 2.39. The number of rotatable bonds is 30. The number of hydrogen-bond acceptors (Lipinski definition) is 16. The van der Waals surface area contributed by atoms with Crippen LogP contribution in [0.3, 0.4) is 0 Å². The van der Waals surface area contributed by atoms with Crippen molar-refractivity contribution in [1.82, 2.24) is 50.4 Å². The van der Waals surface area contributed by atoms with Gasteiger partial charge in [0, 0.05) is 24.7 Å². The molecule has 2 saturated heterocycles. The van der Waals surface area contributed by atoms with Gasteiger partial charge in [0.15, 0.2) is 0 Å². The highest BCUT2D eigenvalue weighted by atomic mass is 32.2. The Hall–Kier alpha value is -3.96. The zero-order valence-corrected chi connectivity index (χ0v) is 40.5. The zero-order valence-electron chi connectivity index (χ0n) is 38.8. The number of imide groups is 2. The Morgan fingerprint density at radius 2 is 0.922 bits per heavy atom. The van der Waals surface area contributed by atoms with E-state index in [9.17, 15) is 28.8 Å². The number of nitrogens with one attached hydrogen (secondary N) is 2. The van der Waals surface area contributed by atoms with Crippen LogP contribution in [0.25, 0.3) is 0 Å². The normalized spacial score (nSPS) is 16.6. The Bertz CT molecular complexity index is 1630. The van der Waals surface area contributed by atoms with Gasteiger partial charge in [0.05, 0.1) is 115 Å². The molecule has 4 heterocycles. The summed E-state index contributed by atoms with van der Waals surface area (Å²) in [5.74, 6) is 2.02. The van der Waals surface area contributed by atoms with E-state index in [1.807, 2.05) is 27.7 Å². The fourth-order valence-electron chi connectivity index (χ4n) is 5.75. The summed E-state index contributed by atoms with van der Waals surface area (Å²) in [6.07, 6.45) is 4.12. The molecule has 2 aromatic heterocycles. The van der Waals surface area contributed by atoms with Gasteiger partial charge in [-0.05, 0) is 23.3 Å². The molecule has 0 radical (unpaired) electrons. The number of nitrogens with zero attached hydrogens (tertiary/aromatic N) is 8. The molecule has 2 aromatic rings. The van der Waals surface area contributed by atoms with Gasteiger partial charge in [-0.25, -0.2) is 9.36 Å². The fraction of sp³-hybridized carbons (Fsp3) is 0.762. The SMILES string of the molecule is CC(C)C(=O)NCc1cn(CCOCCOCCn2cc(CNC(=O)C(C)C)nn2)nn1.CC(C)CSC1CC(=O)N(CCOCCOCCN2C(=O)CC(SCC(C)C)C2=O)C1=O. The van der Waals surface area contributed by atoms with E-state index in [-0.39, 0.29) is 96.9 Å². The number of hydrogen-bond donors (Lipinski definition) is 2. The maximum Gasteiger partial charge on any atom is 0.242 e. The molecule has 2 fully saturated rings. The van der Waals surface area contributed by atoms with Gasteiger partial charge in [-0.2, -0.15) is 0 Å². The number of carbonyl (C=O) groups is 6. The smallest absolute Gasteiger partial charge is 0.242 e. The van der Waals surface area contributed by atoms with Gasteiger partial charge in [-0.3, -0.25) is 38.6 Å². The van der Waals surface area contributed by atoms with Crippen LogP contribution in [0, 0.1) is 23.7 Å². The van der Waals surface area contributed by atoms with Crippen LogP contribution in [-0.4, -0.2) is 163 Å². The molecule has 0 saturated carbocycles.